The average molecular weight is 559 g/mol. The van der Waals surface area contributed by atoms with Gasteiger partial charge in [-0.1, -0.05) is 0 Å². The van der Waals surface area contributed by atoms with E-state index in [9.17, 15) is 29.4 Å². The largest absolute Gasteiger partial charge is 0.507 e. The van der Waals surface area contributed by atoms with Gasteiger partial charge in [0.05, 0.1) is 30.2 Å². The van der Waals surface area contributed by atoms with Crippen molar-refractivity contribution < 1.29 is 43.3 Å². The molecule has 1 aliphatic heterocycles. The number of nitrogens with one attached hydrogen (secondary N) is 2. The first-order valence-electron chi connectivity index (χ1n) is 12.5. The lowest BCUT2D eigenvalue weighted by atomic mass is 9.70. The molecule has 1 aliphatic carbocycles. The summed E-state index contributed by atoms with van der Waals surface area (Å²) in [4.78, 5) is 52.2. The van der Waals surface area contributed by atoms with Crippen molar-refractivity contribution in [3.05, 3.63) is 82.2 Å². The van der Waals surface area contributed by atoms with E-state index in [1.807, 2.05) is 0 Å². The summed E-state index contributed by atoms with van der Waals surface area (Å²) in [6, 6.07) is 7.87. The Hall–Kier alpha value is -5.32. The number of allylic oxidation sites excluding steroid dienone is 4. The molecule has 2 heterocycles. The molecule has 5 rings (SSSR count). The third-order valence-electron chi connectivity index (χ3n) is 7.28. The molecule has 2 aromatic carbocycles. The normalized spacial score (nSPS) is 18.6. The molecule has 4 N–H and O–H groups in total. The molecule has 210 valence electrons. The molecule has 1 amide bonds. The molecule has 0 spiro atoms. The van der Waals surface area contributed by atoms with Crippen LogP contribution in [0.2, 0.25) is 0 Å². The Morgan fingerprint density at radius 3 is 2.41 bits per heavy atom. The van der Waals surface area contributed by atoms with Gasteiger partial charge in [-0.2, -0.15) is 0 Å². The van der Waals surface area contributed by atoms with Crippen LogP contribution in [0.5, 0.6) is 23.0 Å². The van der Waals surface area contributed by atoms with Gasteiger partial charge in [-0.3, -0.25) is 19.2 Å². The number of Topliss-reactive ketones (excluding diaryl/α,β-unsaturated/α-hetero) is 2. The van der Waals surface area contributed by atoms with E-state index < -0.39 is 40.2 Å². The van der Waals surface area contributed by atoms with E-state index in [1.165, 1.54) is 47.1 Å². The molecule has 1 aromatic heterocycles. The number of hydrogen-bond donors (Lipinski definition) is 4. The number of carbonyl (C=O) groups excluding carboxylic acids is 4. The number of fused-ring (bicyclic) bond motifs is 3. The second-order valence-corrected chi connectivity index (χ2v) is 9.86. The molecule has 0 fully saturated rings. The average Bonchev–Trinajstić information content (AvgIpc) is 3.55. The van der Waals surface area contributed by atoms with E-state index in [4.69, 9.17) is 13.9 Å². The molecule has 41 heavy (non-hydrogen) atoms. The van der Waals surface area contributed by atoms with Crippen molar-refractivity contribution in [1.29, 1.82) is 0 Å². The number of anilines is 2. The first kappa shape index (κ1) is 27.3. The van der Waals surface area contributed by atoms with Gasteiger partial charge in [0.25, 0.3) is 5.91 Å². The lowest BCUT2D eigenvalue weighted by Crippen LogP contribution is -2.40. The Balaban J connectivity index is 1.57. The van der Waals surface area contributed by atoms with Crippen molar-refractivity contribution in [1.82, 2.24) is 0 Å². The van der Waals surface area contributed by atoms with Crippen molar-refractivity contribution in [3.8, 4) is 23.0 Å². The number of carbonyl (C=O) groups is 4. The minimum atomic E-state index is -1.66. The molecular formula is C30H26N2O9. The van der Waals surface area contributed by atoms with Crippen LogP contribution in [-0.4, -0.2) is 40.6 Å². The number of methoxy groups -OCH3 is 1. The first-order chi connectivity index (χ1) is 19.4. The number of aromatic hydroxyl groups is 2. The topological polar surface area (TPSA) is 164 Å². The number of benzene rings is 2. The number of rotatable bonds is 6. The summed E-state index contributed by atoms with van der Waals surface area (Å²) in [5.41, 5.74) is -1.16. The van der Waals surface area contributed by atoms with E-state index in [-0.39, 0.29) is 45.2 Å². The summed E-state index contributed by atoms with van der Waals surface area (Å²) in [6.45, 7) is 5.64. The third kappa shape index (κ3) is 4.13. The maximum Gasteiger partial charge on any atom is 0.291 e. The number of furan rings is 1. The zero-order valence-electron chi connectivity index (χ0n) is 22.8. The van der Waals surface area contributed by atoms with Crippen LogP contribution in [0.25, 0.3) is 0 Å². The van der Waals surface area contributed by atoms with E-state index in [0.29, 0.717) is 17.1 Å². The number of phenolic OH excluding ortho intramolecular Hbond substituents is 2. The van der Waals surface area contributed by atoms with E-state index in [0.717, 1.165) is 6.08 Å². The Morgan fingerprint density at radius 1 is 1.05 bits per heavy atom. The SMILES string of the molecule is COc1ccc(NC(=O)c2ccco2)cc1NC(C)=C1C(=O)C=C2Oc3c(C(C)=O)c(O)c(C)c(O)c3C2(C)C1=O. The quantitative estimate of drug-likeness (QED) is 0.192. The second-order valence-electron chi connectivity index (χ2n) is 9.86. The molecule has 1 atom stereocenters. The standard InChI is InChI=1S/C30H26N2O9/c1-13-25(35)23(15(3)33)27-24(26(13)36)30(4)21(41-27)12-18(34)22(28(30)37)14(2)31-17-11-16(8-9-19(17)39-5)32-29(38)20-7-6-10-40-20/h6-12,31,35-36H,1-5H3,(H,32,38). The summed E-state index contributed by atoms with van der Waals surface area (Å²) < 4.78 is 16.3. The number of hydrogen-bond acceptors (Lipinski definition) is 10. The van der Waals surface area contributed by atoms with Crippen LogP contribution in [-0.2, 0) is 15.0 Å². The lowest BCUT2D eigenvalue weighted by molar-refractivity contribution is -0.123. The molecule has 11 nitrogen and oxygen atoms in total. The van der Waals surface area contributed by atoms with Crippen molar-refractivity contribution in [2.24, 2.45) is 0 Å². The smallest absolute Gasteiger partial charge is 0.291 e. The fourth-order valence-corrected chi connectivity index (χ4v) is 5.11. The molecule has 0 saturated heterocycles. The van der Waals surface area contributed by atoms with Gasteiger partial charge >= 0.3 is 0 Å². The summed E-state index contributed by atoms with van der Waals surface area (Å²) in [5, 5.41) is 27.3. The monoisotopic (exact) mass is 558 g/mol. The molecule has 0 radical (unpaired) electrons. The summed E-state index contributed by atoms with van der Waals surface area (Å²) in [6.07, 6.45) is 2.51. The molecule has 1 unspecified atom stereocenters. The first-order valence-corrected chi connectivity index (χ1v) is 12.5. The van der Waals surface area contributed by atoms with Gasteiger partial charge in [0.2, 0.25) is 0 Å². The molecule has 3 aromatic rings. The zero-order valence-corrected chi connectivity index (χ0v) is 22.8. The second kappa shape index (κ2) is 9.70. The van der Waals surface area contributed by atoms with Gasteiger partial charge in [-0.05, 0) is 58.0 Å². The predicted molar refractivity (Wildman–Crippen MR) is 147 cm³/mol. The number of ketones is 3. The van der Waals surface area contributed by atoms with Crippen LogP contribution in [0.3, 0.4) is 0 Å². The highest BCUT2D eigenvalue weighted by molar-refractivity contribution is 6.31. The van der Waals surface area contributed by atoms with Crippen LogP contribution in [0.1, 0.15) is 52.8 Å². The maximum absolute atomic E-state index is 14.1. The van der Waals surface area contributed by atoms with Crippen LogP contribution in [0.15, 0.2) is 64.1 Å². The predicted octanol–water partition coefficient (Wildman–Crippen LogP) is 4.53. The molecule has 11 heteroatoms. The van der Waals surface area contributed by atoms with Crippen LogP contribution < -0.4 is 20.1 Å². The van der Waals surface area contributed by atoms with Crippen LogP contribution >= 0.6 is 0 Å². The Labute approximate surface area is 234 Å². The molecule has 0 saturated carbocycles. The van der Waals surface area contributed by atoms with Crippen molar-refractivity contribution in [3.63, 3.8) is 0 Å². The van der Waals surface area contributed by atoms with Crippen molar-refractivity contribution in [2.75, 3.05) is 17.7 Å². The minimum absolute atomic E-state index is 0.00301. The highest BCUT2D eigenvalue weighted by Crippen LogP contribution is 2.57. The molecule has 0 bridgehead atoms. The van der Waals surface area contributed by atoms with E-state index in [2.05, 4.69) is 10.6 Å². The van der Waals surface area contributed by atoms with Gasteiger partial charge in [0.15, 0.2) is 23.1 Å². The highest BCUT2D eigenvalue weighted by Gasteiger charge is 2.56. The highest BCUT2D eigenvalue weighted by atomic mass is 16.5. The number of amides is 1. The lowest BCUT2D eigenvalue weighted by Gasteiger charge is -2.29. The third-order valence-corrected chi connectivity index (χ3v) is 7.28. The van der Waals surface area contributed by atoms with Crippen LogP contribution in [0, 0.1) is 6.92 Å². The molecule has 2 aliphatic rings. The van der Waals surface area contributed by atoms with Gasteiger partial charge < -0.3 is 34.7 Å². The molecular weight excluding hydrogens is 532 g/mol. The van der Waals surface area contributed by atoms with Gasteiger partial charge in [0.1, 0.15) is 39.7 Å². The van der Waals surface area contributed by atoms with E-state index in [1.54, 1.807) is 24.3 Å². The number of ether oxygens (including phenoxy) is 2. The Kier molecular flexibility index (Phi) is 6.45. The summed E-state index contributed by atoms with van der Waals surface area (Å²) in [7, 11) is 1.44. The van der Waals surface area contributed by atoms with Gasteiger partial charge in [-0.25, -0.2) is 0 Å². The fraction of sp³-hybridized carbons (Fsp3) is 0.200. The van der Waals surface area contributed by atoms with Crippen molar-refractivity contribution >= 4 is 34.6 Å². The van der Waals surface area contributed by atoms with E-state index >= 15 is 0 Å². The Bertz CT molecular complexity index is 1730. The summed E-state index contributed by atoms with van der Waals surface area (Å²) in [5.74, 6) is -2.99. The summed E-state index contributed by atoms with van der Waals surface area (Å²) >= 11 is 0. The van der Waals surface area contributed by atoms with Crippen molar-refractivity contribution in [2.45, 2.75) is 33.1 Å². The Morgan fingerprint density at radius 2 is 1.78 bits per heavy atom. The minimum Gasteiger partial charge on any atom is -0.507 e. The van der Waals surface area contributed by atoms with Crippen LogP contribution in [0.4, 0.5) is 11.4 Å². The van der Waals surface area contributed by atoms with Gasteiger partial charge in [0, 0.05) is 23.0 Å². The van der Waals surface area contributed by atoms with Gasteiger partial charge in [-0.15, -0.1) is 0 Å². The fourth-order valence-electron chi connectivity index (χ4n) is 5.11. The zero-order chi connectivity index (χ0) is 29.8. The number of phenols is 2. The maximum atomic E-state index is 14.1.